The van der Waals surface area contributed by atoms with Gasteiger partial charge in [-0.05, 0) is 45.4 Å². The molecule has 1 rings (SSSR count). The van der Waals surface area contributed by atoms with E-state index in [4.69, 9.17) is 10.5 Å². The van der Waals surface area contributed by atoms with Gasteiger partial charge in [-0.25, -0.2) is 4.39 Å². The van der Waals surface area contributed by atoms with Gasteiger partial charge in [0.2, 0.25) is 0 Å². The Morgan fingerprint density at radius 1 is 1.35 bits per heavy atom. The Balaban J connectivity index is 2.77. The number of nitrogens with two attached hydrogens (primary N) is 1. The summed E-state index contributed by atoms with van der Waals surface area (Å²) in [5.41, 5.74) is 5.94. The molecule has 1 unspecified atom stereocenters. The highest BCUT2D eigenvalue weighted by Crippen LogP contribution is 2.28. The fourth-order valence-electron chi connectivity index (χ4n) is 1.63. The van der Waals surface area contributed by atoms with Crippen molar-refractivity contribution in [3.8, 4) is 5.75 Å². The molecule has 96 valence electrons. The predicted octanol–water partition coefficient (Wildman–Crippen LogP) is 3.61. The van der Waals surface area contributed by atoms with Crippen LogP contribution in [0.5, 0.6) is 5.75 Å². The van der Waals surface area contributed by atoms with E-state index in [0.29, 0.717) is 17.7 Å². The molecule has 0 aliphatic heterocycles. The summed E-state index contributed by atoms with van der Waals surface area (Å²) in [6.07, 6.45) is -0.655. The summed E-state index contributed by atoms with van der Waals surface area (Å²) < 4.78 is 19.6. The Labute approximate surface area is 103 Å². The molecule has 0 heterocycles. The Morgan fingerprint density at radius 2 is 2.00 bits per heavy atom. The van der Waals surface area contributed by atoms with E-state index in [1.165, 1.54) is 0 Å². The van der Waals surface area contributed by atoms with Crippen molar-refractivity contribution in [2.24, 2.45) is 5.73 Å². The summed E-state index contributed by atoms with van der Waals surface area (Å²) in [6, 6.07) is 7.16. The van der Waals surface area contributed by atoms with Crippen molar-refractivity contribution in [3.63, 3.8) is 0 Å². The zero-order valence-corrected chi connectivity index (χ0v) is 11.0. The predicted molar refractivity (Wildman–Crippen MR) is 68.9 cm³/mol. The van der Waals surface area contributed by atoms with Crippen LogP contribution >= 0.6 is 0 Å². The molecule has 2 nitrogen and oxygen atoms in total. The van der Waals surface area contributed by atoms with Gasteiger partial charge >= 0.3 is 0 Å². The molecule has 0 aromatic heterocycles. The van der Waals surface area contributed by atoms with Crippen LogP contribution < -0.4 is 10.5 Å². The molecule has 17 heavy (non-hydrogen) atoms. The summed E-state index contributed by atoms with van der Waals surface area (Å²) in [6.45, 7) is 7.55. The third kappa shape index (κ3) is 5.18. The van der Waals surface area contributed by atoms with Crippen LogP contribution in [0.2, 0.25) is 0 Å². The van der Waals surface area contributed by atoms with Gasteiger partial charge in [0.05, 0.1) is 6.10 Å². The maximum Gasteiger partial charge on any atom is 0.127 e. The average Bonchev–Trinajstić information content (AvgIpc) is 2.14. The lowest BCUT2D eigenvalue weighted by Crippen LogP contribution is -2.33. The molecule has 0 spiro atoms. The number of benzene rings is 1. The summed E-state index contributed by atoms with van der Waals surface area (Å²) in [5.74, 6) is 0.704. The number of hydrogen-bond acceptors (Lipinski definition) is 2. The molecule has 1 aromatic rings. The highest BCUT2D eigenvalue weighted by Gasteiger charge is 2.20. The van der Waals surface area contributed by atoms with Crippen LogP contribution in [0.25, 0.3) is 0 Å². The topological polar surface area (TPSA) is 35.2 Å². The average molecular weight is 239 g/mol. The normalized spacial score (nSPS) is 13.8. The molecule has 0 fully saturated rings. The highest BCUT2D eigenvalue weighted by atomic mass is 19.1. The van der Waals surface area contributed by atoms with Crippen LogP contribution in [0.3, 0.4) is 0 Å². The third-order valence-corrected chi connectivity index (χ3v) is 2.30. The molecule has 0 saturated heterocycles. The molecule has 0 radical (unpaired) electrons. The summed E-state index contributed by atoms with van der Waals surface area (Å²) in [7, 11) is 0. The number of ether oxygens (including phenoxy) is 1. The lowest BCUT2D eigenvalue weighted by Gasteiger charge is -2.21. The van der Waals surface area contributed by atoms with Gasteiger partial charge in [0.1, 0.15) is 11.9 Å². The van der Waals surface area contributed by atoms with Gasteiger partial charge in [0.15, 0.2) is 0 Å². The van der Waals surface area contributed by atoms with E-state index < -0.39 is 11.7 Å². The number of halogens is 1. The van der Waals surface area contributed by atoms with Crippen LogP contribution in [-0.2, 0) is 0 Å². The van der Waals surface area contributed by atoms with E-state index in [1.54, 1.807) is 12.1 Å². The van der Waals surface area contributed by atoms with Gasteiger partial charge in [-0.1, -0.05) is 12.1 Å². The van der Waals surface area contributed by atoms with Crippen molar-refractivity contribution in [2.75, 3.05) is 0 Å². The molecule has 1 atom stereocenters. The first-order valence-electron chi connectivity index (χ1n) is 5.97. The largest absolute Gasteiger partial charge is 0.491 e. The second kappa shape index (κ2) is 5.50. The maximum absolute atomic E-state index is 14.0. The maximum atomic E-state index is 14.0. The van der Waals surface area contributed by atoms with Gasteiger partial charge in [-0.3, -0.25) is 0 Å². The first-order valence-corrected chi connectivity index (χ1v) is 5.97. The minimum Gasteiger partial charge on any atom is -0.491 e. The van der Waals surface area contributed by atoms with Crippen molar-refractivity contribution in [3.05, 3.63) is 29.8 Å². The van der Waals surface area contributed by atoms with E-state index in [2.05, 4.69) is 0 Å². The molecule has 3 heteroatoms. The number of alkyl halides is 1. The van der Waals surface area contributed by atoms with Gasteiger partial charge in [-0.2, -0.15) is 0 Å². The van der Waals surface area contributed by atoms with Crippen LogP contribution in [0.1, 0.15) is 45.9 Å². The second-order valence-electron chi connectivity index (χ2n) is 5.40. The lowest BCUT2D eigenvalue weighted by atomic mass is 9.95. The summed E-state index contributed by atoms with van der Waals surface area (Å²) >= 11 is 0. The molecule has 0 saturated carbocycles. The van der Waals surface area contributed by atoms with E-state index in [0.717, 1.165) is 0 Å². The van der Waals surface area contributed by atoms with Crippen molar-refractivity contribution in [1.29, 1.82) is 0 Å². The van der Waals surface area contributed by atoms with Crippen molar-refractivity contribution in [2.45, 2.75) is 51.9 Å². The zero-order chi connectivity index (χ0) is 13.1. The van der Waals surface area contributed by atoms with Gasteiger partial charge < -0.3 is 10.5 Å². The second-order valence-corrected chi connectivity index (χ2v) is 5.40. The SMILES string of the molecule is CC(C)Oc1cccc(C(F)CC(C)(C)N)c1. The molecule has 0 bridgehead atoms. The monoisotopic (exact) mass is 239 g/mol. The van der Waals surface area contributed by atoms with Gasteiger partial charge in [-0.15, -0.1) is 0 Å². The van der Waals surface area contributed by atoms with Crippen molar-refractivity contribution in [1.82, 2.24) is 0 Å². The fourth-order valence-corrected chi connectivity index (χ4v) is 1.63. The Bertz CT molecular complexity index is 357. The quantitative estimate of drug-likeness (QED) is 0.851. The summed E-state index contributed by atoms with van der Waals surface area (Å²) in [5, 5.41) is 0. The highest BCUT2D eigenvalue weighted by molar-refractivity contribution is 5.30. The fraction of sp³-hybridized carbons (Fsp3) is 0.571. The molecule has 2 N–H and O–H groups in total. The van der Waals surface area contributed by atoms with E-state index in [9.17, 15) is 4.39 Å². The van der Waals surface area contributed by atoms with Gasteiger partial charge in [0, 0.05) is 12.0 Å². The van der Waals surface area contributed by atoms with Crippen LogP contribution in [0, 0.1) is 0 Å². The van der Waals surface area contributed by atoms with E-state index >= 15 is 0 Å². The van der Waals surface area contributed by atoms with E-state index in [-0.39, 0.29) is 6.10 Å². The first-order chi connectivity index (χ1) is 7.78. The van der Waals surface area contributed by atoms with Crippen molar-refractivity contribution < 1.29 is 9.13 Å². The Hall–Kier alpha value is -1.09. The van der Waals surface area contributed by atoms with Crippen LogP contribution in [-0.4, -0.2) is 11.6 Å². The lowest BCUT2D eigenvalue weighted by molar-refractivity contribution is 0.238. The third-order valence-electron chi connectivity index (χ3n) is 2.30. The molecule has 1 aromatic carbocycles. The minimum absolute atomic E-state index is 0.0919. The molecular weight excluding hydrogens is 217 g/mol. The number of hydrogen-bond donors (Lipinski definition) is 1. The zero-order valence-electron chi connectivity index (χ0n) is 11.0. The summed E-state index contributed by atoms with van der Waals surface area (Å²) in [4.78, 5) is 0. The molecule has 0 amide bonds. The van der Waals surface area contributed by atoms with Crippen molar-refractivity contribution >= 4 is 0 Å². The smallest absolute Gasteiger partial charge is 0.127 e. The van der Waals surface area contributed by atoms with Crippen LogP contribution in [0.15, 0.2) is 24.3 Å². The minimum atomic E-state index is -1.05. The Morgan fingerprint density at radius 3 is 2.53 bits per heavy atom. The van der Waals surface area contributed by atoms with Gasteiger partial charge in [0.25, 0.3) is 0 Å². The molecule has 0 aliphatic carbocycles. The standard InChI is InChI=1S/C14H22FNO/c1-10(2)17-12-7-5-6-11(8-12)13(15)9-14(3,4)16/h5-8,10,13H,9,16H2,1-4H3. The molecule has 0 aliphatic rings. The van der Waals surface area contributed by atoms with Crippen LogP contribution in [0.4, 0.5) is 4.39 Å². The molecular formula is C14H22FNO. The van der Waals surface area contributed by atoms with E-state index in [1.807, 2.05) is 39.8 Å². The Kier molecular flexibility index (Phi) is 4.52. The number of rotatable bonds is 5. The first kappa shape index (κ1) is 14.0.